The molecule has 1 heterocycles. The van der Waals surface area contributed by atoms with Gasteiger partial charge in [-0.15, -0.1) is 11.3 Å². The molecule has 0 saturated carbocycles. The molecule has 1 aromatic heterocycles. The third-order valence-electron chi connectivity index (χ3n) is 3.26. The van der Waals surface area contributed by atoms with Gasteiger partial charge < -0.3 is 10.2 Å². The van der Waals surface area contributed by atoms with Crippen LogP contribution in [0, 0.1) is 13.8 Å². The molecule has 1 aromatic carbocycles. The Kier molecular flexibility index (Phi) is 4.52. The molecular formula is C15H17NO3S. The highest BCUT2D eigenvalue weighted by molar-refractivity contribution is 7.15. The summed E-state index contributed by atoms with van der Waals surface area (Å²) in [5.74, 6) is -0.822. The highest BCUT2D eigenvalue weighted by Crippen LogP contribution is 2.33. The number of carboxylic acid groups (broad SMARTS) is 1. The fourth-order valence-corrected chi connectivity index (χ4v) is 3.12. The lowest BCUT2D eigenvalue weighted by atomic mass is 9.98. The Morgan fingerprint density at radius 1 is 1.30 bits per heavy atom. The molecule has 2 rings (SSSR count). The molecule has 106 valence electrons. The Morgan fingerprint density at radius 2 is 2.00 bits per heavy atom. The molecule has 0 aliphatic heterocycles. The largest absolute Gasteiger partial charge is 0.481 e. The number of aliphatic hydroxyl groups excluding tert-OH is 1. The molecule has 4 nitrogen and oxygen atoms in total. The number of rotatable bonds is 5. The first-order valence-electron chi connectivity index (χ1n) is 6.40. The quantitative estimate of drug-likeness (QED) is 0.888. The van der Waals surface area contributed by atoms with E-state index in [-0.39, 0.29) is 13.0 Å². The third-order valence-corrected chi connectivity index (χ3v) is 4.35. The van der Waals surface area contributed by atoms with Gasteiger partial charge in [-0.2, -0.15) is 0 Å². The predicted molar refractivity (Wildman–Crippen MR) is 78.9 cm³/mol. The van der Waals surface area contributed by atoms with E-state index >= 15 is 0 Å². The van der Waals surface area contributed by atoms with Crippen LogP contribution in [0.1, 0.15) is 28.1 Å². The van der Waals surface area contributed by atoms with E-state index in [1.165, 1.54) is 0 Å². The highest BCUT2D eigenvalue weighted by Gasteiger charge is 2.15. The second kappa shape index (κ2) is 6.15. The Balaban J connectivity index is 2.49. The molecule has 0 unspecified atom stereocenters. The van der Waals surface area contributed by atoms with E-state index in [4.69, 9.17) is 5.11 Å². The summed E-state index contributed by atoms with van der Waals surface area (Å²) in [4.78, 5) is 16.4. The second-order valence-corrected chi connectivity index (χ2v) is 5.87. The SMILES string of the molecule is Cc1nc(-c2c(CO)cccc2CCC(=O)O)sc1C. The summed E-state index contributed by atoms with van der Waals surface area (Å²) < 4.78 is 0. The minimum Gasteiger partial charge on any atom is -0.481 e. The van der Waals surface area contributed by atoms with Crippen molar-refractivity contribution in [2.45, 2.75) is 33.3 Å². The summed E-state index contributed by atoms with van der Waals surface area (Å²) >= 11 is 1.58. The maximum absolute atomic E-state index is 10.8. The molecule has 5 heteroatoms. The topological polar surface area (TPSA) is 70.4 Å². The van der Waals surface area contributed by atoms with Crippen molar-refractivity contribution in [2.24, 2.45) is 0 Å². The molecule has 0 atom stereocenters. The Hall–Kier alpha value is -1.72. The van der Waals surface area contributed by atoms with Crippen molar-refractivity contribution in [3.8, 4) is 10.6 Å². The van der Waals surface area contributed by atoms with Gasteiger partial charge in [0.1, 0.15) is 5.01 Å². The zero-order valence-corrected chi connectivity index (χ0v) is 12.3. The normalized spacial score (nSPS) is 10.8. The maximum Gasteiger partial charge on any atom is 0.303 e. The van der Waals surface area contributed by atoms with Crippen molar-refractivity contribution in [2.75, 3.05) is 0 Å². The van der Waals surface area contributed by atoms with Gasteiger partial charge in [-0.05, 0) is 31.4 Å². The molecule has 0 saturated heterocycles. The summed E-state index contributed by atoms with van der Waals surface area (Å²) in [6, 6.07) is 5.61. The van der Waals surface area contributed by atoms with Gasteiger partial charge in [0.05, 0.1) is 12.3 Å². The molecule has 0 fully saturated rings. The van der Waals surface area contributed by atoms with Crippen LogP contribution in [0.5, 0.6) is 0 Å². The first-order chi connectivity index (χ1) is 9.52. The average molecular weight is 291 g/mol. The minimum atomic E-state index is -0.822. The fourth-order valence-electron chi connectivity index (χ4n) is 2.09. The molecule has 0 aliphatic rings. The molecule has 0 radical (unpaired) electrons. The molecule has 2 N–H and O–H groups in total. The van der Waals surface area contributed by atoms with Gasteiger partial charge >= 0.3 is 5.97 Å². The van der Waals surface area contributed by atoms with Gasteiger partial charge in [-0.1, -0.05) is 18.2 Å². The van der Waals surface area contributed by atoms with Gasteiger partial charge in [0.25, 0.3) is 0 Å². The van der Waals surface area contributed by atoms with Crippen molar-refractivity contribution in [1.82, 2.24) is 4.98 Å². The Morgan fingerprint density at radius 3 is 2.55 bits per heavy atom. The van der Waals surface area contributed by atoms with E-state index in [0.717, 1.165) is 32.3 Å². The van der Waals surface area contributed by atoms with Crippen LogP contribution in [-0.2, 0) is 17.8 Å². The van der Waals surface area contributed by atoms with Crippen LogP contribution in [0.25, 0.3) is 10.6 Å². The van der Waals surface area contributed by atoms with Crippen molar-refractivity contribution < 1.29 is 15.0 Å². The van der Waals surface area contributed by atoms with E-state index in [2.05, 4.69) is 4.98 Å². The van der Waals surface area contributed by atoms with Crippen molar-refractivity contribution >= 4 is 17.3 Å². The molecule has 0 amide bonds. The number of aliphatic hydroxyl groups is 1. The number of aliphatic carboxylic acids is 1. The number of benzene rings is 1. The number of carboxylic acids is 1. The number of thiazole rings is 1. The van der Waals surface area contributed by atoms with Crippen LogP contribution in [-0.4, -0.2) is 21.2 Å². The van der Waals surface area contributed by atoms with Crippen LogP contribution >= 0.6 is 11.3 Å². The van der Waals surface area contributed by atoms with Crippen molar-refractivity contribution in [1.29, 1.82) is 0 Å². The monoisotopic (exact) mass is 291 g/mol. The van der Waals surface area contributed by atoms with Crippen LogP contribution in [0.15, 0.2) is 18.2 Å². The lowest BCUT2D eigenvalue weighted by Crippen LogP contribution is -2.01. The lowest BCUT2D eigenvalue weighted by Gasteiger charge is -2.10. The second-order valence-electron chi connectivity index (χ2n) is 4.66. The van der Waals surface area contributed by atoms with Crippen molar-refractivity contribution in [3.63, 3.8) is 0 Å². The number of carbonyl (C=O) groups is 1. The summed E-state index contributed by atoms with van der Waals surface area (Å²) in [6.07, 6.45) is 0.515. The number of hydrogen-bond acceptors (Lipinski definition) is 4. The van der Waals surface area contributed by atoms with Gasteiger partial charge in [0, 0.05) is 16.9 Å². The first-order valence-corrected chi connectivity index (χ1v) is 7.22. The third kappa shape index (κ3) is 3.05. The summed E-state index contributed by atoms with van der Waals surface area (Å²) in [5.41, 5.74) is 3.58. The Bertz CT molecular complexity index is 615. The average Bonchev–Trinajstić information content (AvgIpc) is 2.75. The first kappa shape index (κ1) is 14.7. The van der Waals surface area contributed by atoms with Crippen molar-refractivity contribution in [3.05, 3.63) is 39.9 Å². The summed E-state index contributed by atoms with van der Waals surface area (Å²) in [7, 11) is 0. The number of hydrogen-bond donors (Lipinski definition) is 2. The zero-order chi connectivity index (χ0) is 14.7. The van der Waals surface area contributed by atoms with Crippen LogP contribution < -0.4 is 0 Å². The van der Waals surface area contributed by atoms with E-state index in [9.17, 15) is 9.90 Å². The maximum atomic E-state index is 10.8. The van der Waals surface area contributed by atoms with Gasteiger partial charge in [-0.3, -0.25) is 4.79 Å². The van der Waals surface area contributed by atoms with Crippen LogP contribution in [0.4, 0.5) is 0 Å². The number of aromatic nitrogens is 1. The Labute approximate surface area is 121 Å². The van der Waals surface area contributed by atoms with E-state index in [0.29, 0.717) is 6.42 Å². The molecule has 0 aliphatic carbocycles. The predicted octanol–water partition coefficient (Wildman–Crippen LogP) is 2.94. The standard InChI is InChI=1S/C15H17NO3S/c1-9-10(2)20-15(16-9)14-11(6-7-13(18)19)4-3-5-12(14)8-17/h3-5,17H,6-8H2,1-2H3,(H,18,19). The zero-order valence-electron chi connectivity index (χ0n) is 11.5. The molecular weight excluding hydrogens is 274 g/mol. The smallest absolute Gasteiger partial charge is 0.303 e. The fraction of sp³-hybridized carbons (Fsp3) is 0.333. The summed E-state index contributed by atoms with van der Waals surface area (Å²) in [6.45, 7) is 3.89. The van der Waals surface area contributed by atoms with Crippen LogP contribution in [0.2, 0.25) is 0 Å². The van der Waals surface area contributed by atoms with E-state index in [1.54, 1.807) is 11.3 Å². The molecule has 0 spiro atoms. The van der Waals surface area contributed by atoms with Gasteiger partial charge in [-0.25, -0.2) is 4.98 Å². The number of aryl methyl sites for hydroxylation is 3. The summed E-state index contributed by atoms with van der Waals surface area (Å²) in [5, 5.41) is 19.2. The molecule has 20 heavy (non-hydrogen) atoms. The number of nitrogens with zero attached hydrogens (tertiary/aromatic N) is 1. The molecule has 2 aromatic rings. The molecule has 0 bridgehead atoms. The van der Waals surface area contributed by atoms with Gasteiger partial charge in [0.2, 0.25) is 0 Å². The minimum absolute atomic E-state index is 0.0746. The van der Waals surface area contributed by atoms with Gasteiger partial charge in [0.15, 0.2) is 0 Å². The highest BCUT2D eigenvalue weighted by atomic mass is 32.1. The van der Waals surface area contributed by atoms with E-state index < -0.39 is 5.97 Å². The van der Waals surface area contributed by atoms with E-state index in [1.807, 2.05) is 32.0 Å². The lowest BCUT2D eigenvalue weighted by molar-refractivity contribution is -0.136. The van der Waals surface area contributed by atoms with Crippen LogP contribution in [0.3, 0.4) is 0 Å².